The van der Waals surface area contributed by atoms with Gasteiger partial charge in [-0.2, -0.15) is 9.06 Å². The minimum Gasteiger partial charge on any atom is -0.178 e. The largest absolute Gasteiger partial charge is 0.178 e. The van der Waals surface area contributed by atoms with Crippen LogP contribution in [-0.2, 0) is 0 Å². The topological polar surface area (TPSA) is 0 Å². The molecule has 0 unspecified atom stereocenters. The van der Waals surface area contributed by atoms with Crippen molar-refractivity contribution in [2.45, 2.75) is 64.0 Å². The van der Waals surface area contributed by atoms with Crippen molar-refractivity contribution in [2.24, 2.45) is 0 Å². The summed E-state index contributed by atoms with van der Waals surface area (Å²) < 4.78 is 0. The molecule has 1 atom stereocenters. The van der Waals surface area contributed by atoms with Gasteiger partial charge in [0.1, 0.15) is 0 Å². The molecule has 24 heavy (non-hydrogen) atoms. The Morgan fingerprint density at radius 1 is 1.25 bits per heavy atom. The molecule has 0 heterocycles. The van der Waals surface area contributed by atoms with E-state index in [1.165, 1.54) is 61.7 Å². The van der Waals surface area contributed by atoms with Crippen molar-refractivity contribution >= 4 is 19.9 Å². The molecule has 0 radical (unpaired) electrons. The zero-order valence-electron chi connectivity index (χ0n) is 15.9. The summed E-state index contributed by atoms with van der Waals surface area (Å²) in [5, 5.41) is 2.93. The third-order valence-electron chi connectivity index (χ3n) is 4.66. The van der Waals surface area contributed by atoms with Crippen LogP contribution in [0.5, 0.6) is 0 Å². The van der Waals surface area contributed by atoms with E-state index in [2.05, 4.69) is 73.4 Å². The fourth-order valence-electron chi connectivity index (χ4n) is 3.45. The first-order valence-electron chi connectivity index (χ1n) is 9.31. The first kappa shape index (κ1) is 19.7. The molecule has 0 aromatic carbocycles. The molecule has 0 spiro atoms. The van der Waals surface area contributed by atoms with Crippen LogP contribution in [0.4, 0.5) is 0 Å². The van der Waals surface area contributed by atoms with Gasteiger partial charge >= 0.3 is 0 Å². The predicted octanol–water partition coefficient (Wildman–Crippen LogP) is 7.71. The Kier molecular flexibility index (Phi) is 7.56. The van der Waals surface area contributed by atoms with Crippen LogP contribution in [0.15, 0.2) is 58.6 Å². The summed E-state index contributed by atoms with van der Waals surface area (Å²) in [6.45, 7) is 8.67. The molecule has 0 N–H and O–H groups in total. The summed E-state index contributed by atoms with van der Waals surface area (Å²) >= 11 is 0. The Labute approximate surface area is 155 Å². The molecule has 2 aliphatic carbocycles. The van der Waals surface area contributed by atoms with E-state index in [0.29, 0.717) is 5.25 Å². The first-order valence-corrected chi connectivity index (χ1v) is 13.2. The van der Waals surface area contributed by atoms with Gasteiger partial charge in [-0.1, -0.05) is 67.0 Å². The first-order chi connectivity index (χ1) is 11.4. The van der Waals surface area contributed by atoms with Gasteiger partial charge in [-0.25, -0.2) is 0 Å². The van der Waals surface area contributed by atoms with Crippen molar-refractivity contribution in [3.05, 3.63) is 58.6 Å². The van der Waals surface area contributed by atoms with Crippen molar-refractivity contribution in [3.63, 3.8) is 0 Å². The lowest BCUT2D eigenvalue weighted by molar-refractivity contribution is 0.717. The van der Waals surface area contributed by atoms with Gasteiger partial charge in [0.25, 0.3) is 0 Å². The van der Waals surface area contributed by atoms with E-state index < -0.39 is 9.06 Å². The average Bonchev–Trinajstić information content (AvgIpc) is 3.06. The Bertz CT molecular complexity index is 573. The van der Waals surface area contributed by atoms with E-state index in [-0.39, 0.29) is 0 Å². The summed E-state index contributed by atoms with van der Waals surface area (Å²) in [5.41, 5.74) is 5.91. The van der Waals surface area contributed by atoms with Crippen molar-refractivity contribution in [1.29, 1.82) is 0 Å². The number of unbranched alkanes of at least 4 members (excludes halogenated alkanes) is 2. The molecule has 0 amide bonds. The van der Waals surface area contributed by atoms with E-state index in [1.807, 2.05) is 0 Å². The standard InChI is InChI=1S/C22H34S2/c1-6-8-9-12-20-16-22(23-24(4,5)14-7-2)17-21(20)15-19-13-10-11-18(19)3/h7,14-17,22H,3,6,8-13H2,1-2,4-5H3/b14-7+,19-15-/t22-/m1/s1. The molecular formula is C22H34S2. The lowest BCUT2D eigenvalue weighted by Crippen LogP contribution is -1.94. The van der Waals surface area contributed by atoms with Gasteiger partial charge in [0, 0.05) is 0 Å². The molecule has 0 saturated heterocycles. The maximum absolute atomic E-state index is 4.26. The SMILES string of the molecule is C=C1CCC/C1=C/C1=C[C@H](SS(C)(C)/C=C/C)C=C1CCCCC. The number of hydrogen-bond donors (Lipinski definition) is 0. The molecule has 0 aliphatic heterocycles. The molecule has 1 fully saturated rings. The van der Waals surface area contributed by atoms with E-state index in [9.17, 15) is 0 Å². The lowest BCUT2D eigenvalue weighted by Gasteiger charge is -2.28. The van der Waals surface area contributed by atoms with E-state index in [1.54, 1.807) is 5.57 Å². The highest BCUT2D eigenvalue weighted by molar-refractivity contribution is 8.95. The summed E-state index contributed by atoms with van der Waals surface area (Å²) in [6, 6.07) is 0. The number of allylic oxidation sites excluding steroid dienone is 6. The highest BCUT2D eigenvalue weighted by Gasteiger charge is 2.22. The van der Waals surface area contributed by atoms with Crippen LogP contribution in [0.1, 0.15) is 58.8 Å². The average molecular weight is 363 g/mol. The number of hydrogen-bond acceptors (Lipinski definition) is 1. The second-order valence-corrected chi connectivity index (χ2v) is 14.0. The second-order valence-electron chi connectivity index (χ2n) is 7.24. The Hall–Kier alpha value is -0.600. The maximum Gasteiger partial charge on any atom is 0.0514 e. The molecule has 134 valence electrons. The van der Waals surface area contributed by atoms with Gasteiger partial charge in [0.2, 0.25) is 0 Å². The molecule has 1 saturated carbocycles. The van der Waals surface area contributed by atoms with Gasteiger partial charge in [0.05, 0.1) is 5.25 Å². The number of rotatable bonds is 8. The van der Waals surface area contributed by atoms with Crippen LogP contribution in [0.3, 0.4) is 0 Å². The van der Waals surface area contributed by atoms with Crippen molar-refractivity contribution in [1.82, 2.24) is 0 Å². The Morgan fingerprint density at radius 3 is 2.67 bits per heavy atom. The molecule has 2 rings (SSSR count). The van der Waals surface area contributed by atoms with Crippen molar-refractivity contribution in [2.75, 3.05) is 12.5 Å². The molecule has 0 aromatic rings. The van der Waals surface area contributed by atoms with Crippen LogP contribution in [-0.4, -0.2) is 17.8 Å². The predicted molar refractivity (Wildman–Crippen MR) is 117 cm³/mol. The van der Waals surface area contributed by atoms with Crippen LogP contribution in [0.25, 0.3) is 0 Å². The van der Waals surface area contributed by atoms with Crippen LogP contribution in [0, 0.1) is 0 Å². The smallest absolute Gasteiger partial charge is 0.0514 e. The van der Waals surface area contributed by atoms with Gasteiger partial charge in [0.15, 0.2) is 0 Å². The van der Waals surface area contributed by atoms with E-state index in [0.717, 1.165) is 0 Å². The zero-order valence-corrected chi connectivity index (χ0v) is 17.6. The van der Waals surface area contributed by atoms with Crippen molar-refractivity contribution < 1.29 is 0 Å². The third-order valence-corrected chi connectivity index (χ3v) is 9.07. The maximum atomic E-state index is 4.26. The lowest BCUT2D eigenvalue weighted by atomic mass is 9.99. The fraction of sp³-hybridized carbons (Fsp3) is 0.545. The van der Waals surface area contributed by atoms with E-state index in [4.69, 9.17) is 0 Å². The van der Waals surface area contributed by atoms with Crippen molar-refractivity contribution in [3.8, 4) is 0 Å². The quantitative estimate of drug-likeness (QED) is 0.314. The summed E-state index contributed by atoms with van der Waals surface area (Å²) in [4.78, 5) is 0. The Balaban J connectivity index is 2.16. The highest BCUT2D eigenvalue weighted by atomic mass is 33.2. The molecule has 2 aliphatic rings. The van der Waals surface area contributed by atoms with Crippen LogP contribution in [0.2, 0.25) is 0 Å². The normalized spacial score (nSPS) is 24.1. The highest BCUT2D eigenvalue weighted by Crippen LogP contribution is 2.58. The van der Waals surface area contributed by atoms with Gasteiger partial charge < -0.3 is 0 Å². The van der Waals surface area contributed by atoms with E-state index >= 15 is 0 Å². The summed E-state index contributed by atoms with van der Waals surface area (Å²) in [6.07, 6.45) is 23.3. The molecule has 0 bridgehead atoms. The molecular weight excluding hydrogens is 328 g/mol. The summed E-state index contributed by atoms with van der Waals surface area (Å²) in [7, 11) is 1.42. The monoisotopic (exact) mass is 362 g/mol. The summed E-state index contributed by atoms with van der Waals surface area (Å²) in [5.74, 6) is 0. The second kappa shape index (κ2) is 9.20. The van der Waals surface area contributed by atoms with Gasteiger partial charge in [-0.15, -0.1) is 0 Å². The van der Waals surface area contributed by atoms with Crippen LogP contribution >= 0.6 is 19.9 Å². The molecule has 0 nitrogen and oxygen atoms in total. The minimum atomic E-state index is -0.716. The van der Waals surface area contributed by atoms with Crippen LogP contribution < -0.4 is 0 Å². The fourth-order valence-corrected chi connectivity index (χ4v) is 7.75. The van der Waals surface area contributed by atoms with Gasteiger partial charge in [-0.3, -0.25) is 0 Å². The minimum absolute atomic E-state index is 0.532. The zero-order chi connectivity index (χ0) is 17.6. The molecule has 0 aromatic heterocycles. The molecule has 2 heteroatoms. The third kappa shape index (κ3) is 5.74. The van der Waals surface area contributed by atoms with Gasteiger partial charge in [-0.05, 0) is 73.7 Å². The Morgan fingerprint density at radius 2 is 2.04 bits per heavy atom.